The molecule has 4 nitrogen and oxygen atoms in total. The van der Waals surface area contributed by atoms with E-state index in [1.807, 2.05) is 26.0 Å². The largest absolute Gasteiger partial charge is 0.466 e. The van der Waals surface area contributed by atoms with E-state index in [4.69, 9.17) is 16.5 Å². The summed E-state index contributed by atoms with van der Waals surface area (Å²) in [7, 11) is 0. The fourth-order valence-electron chi connectivity index (χ4n) is 3.84. The van der Waals surface area contributed by atoms with Gasteiger partial charge in [0.15, 0.2) is 11.6 Å². The molecule has 0 amide bonds. The summed E-state index contributed by atoms with van der Waals surface area (Å²) in [4.78, 5) is 39.2. The Hall–Kier alpha value is -2.62. The van der Waals surface area contributed by atoms with E-state index in [9.17, 15) is 14.4 Å². The lowest BCUT2D eigenvalue weighted by Gasteiger charge is -2.23. The van der Waals surface area contributed by atoms with Gasteiger partial charge in [-0.25, -0.2) is 0 Å². The van der Waals surface area contributed by atoms with E-state index in [0.717, 1.165) is 11.1 Å². The number of esters is 1. The van der Waals surface area contributed by atoms with Crippen molar-refractivity contribution in [3.05, 3.63) is 93.6 Å². The van der Waals surface area contributed by atoms with Gasteiger partial charge in [0.05, 0.1) is 13.0 Å². The summed E-state index contributed by atoms with van der Waals surface area (Å²) in [6.45, 7) is 5.72. The number of ether oxygens (including phenoxy) is 1. The van der Waals surface area contributed by atoms with E-state index in [0.29, 0.717) is 21.8 Å². The second kappa shape index (κ2) is 9.67. The van der Waals surface area contributed by atoms with Gasteiger partial charge in [0, 0.05) is 27.8 Å². The molecule has 0 unspecified atom stereocenters. The van der Waals surface area contributed by atoms with Crippen molar-refractivity contribution in [2.45, 2.75) is 27.2 Å². The third-order valence-electron chi connectivity index (χ3n) is 5.43. The normalized spacial score (nSPS) is 15.2. The molecular formula is C25H25O4PS. The molecule has 1 heterocycles. The van der Waals surface area contributed by atoms with Gasteiger partial charge in [-0.2, -0.15) is 0 Å². The lowest BCUT2D eigenvalue weighted by molar-refractivity contribution is -0.142. The van der Waals surface area contributed by atoms with Gasteiger partial charge in [0.2, 0.25) is 0 Å². The van der Waals surface area contributed by atoms with E-state index in [1.165, 1.54) is 0 Å². The van der Waals surface area contributed by atoms with Gasteiger partial charge in [-0.1, -0.05) is 72.5 Å². The molecule has 160 valence electrons. The van der Waals surface area contributed by atoms with Crippen LogP contribution in [0.15, 0.2) is 82.4 Å². The molecule has 0 saturated heterocycles. The number of carbonyl (C=O) groups is 3. The number of rotatable bonds is 8. The zero-order chi connectivity index (χ0) is 22.6. The molecule has 0 N–H and O–H groups in total. The Bertz CT molecular complexity index is 1050. The molecule has 2 aromatic rings. The fraction of sp³-hybridized carbons (Fsp3) is 0.240. The number of hydrogen-bond donors (Lipinski definition) is 0. The molecule has 0 spiro atoms. The Morgan fingerprint density at radius 2 is 1.23 bits per heavy atom. The molecule has 6 heteroatoms. The predicted molar refractivity (Wildman–Crippen MR) is 127 cm³/mol. The molecule has 0 atom stereocenters. The standard InChI is InChI=1S/C25H25O4PS/c1-4-29-21(26)15-16-30(31)24(22(27)19-11-7-5-8-12-19)17(2)18(3)25(30)23(28)20-13-9-6-10-14-20/h5-14H,4,15-16H2,1-3H3. The molecule has 0 aromatic heterocycles. The quantitative estimate of drug-likeness (QED) is 0.290. The van der Waals surface area contributed by atoms with Crippen LogP contribution < -0.4 is 0 Å². The van der Waals surface area contributed by atoms with Crippen LogP contribution in [0, 0.1) is 0 Å². The van der Waals surface area contributed by atoms with Crippen LogP contribution in [0.3, 0.4) is 0 Å². The fourth-order valence-corrected chi connectivity index (χ4v) is 8.93. The minimum Gasteiger partial charge on any atom is -0.466 e. The summed E-state index contributed by atoms with van der Waals surface area (Å²) in [5, 5.41) is 1.02. The Labute approximate surface area is 188 Å². The second-order valence-corrected chi connectivity index (χ2v) is 12.0. The minimum atomic E-state index is -2.83. The van der Waals surface area contributed by atoms with Crippen LogP contribution in [0.25, 0.3) is 0 Å². The van der Waals surface area contributed by atoms with Gasteiger partial charge >= 0.3 is 5.97 Å². The first kappa shape index (κ1) is 23.1. The minimum absolute atomic E-state index is 0.0722. The molecule has 2 aromatic carbocycles. The number of hydrogen-bond acceptors (Lipinski definition) is 5. The van der Waals surface area contributed by atoms with E-state index < -0.39 is 6.04 Å². The predicted octanol–water partition coefficient (Wildman–Crippen LogP) is 5.75. The Kier molecular flexibility index (Phi) is 7.19. The van der Waals surface area contributed by atoms with Crippen LogP contribution in [0.5, 0.6) is 0 Å². The zero-order valence-electron chi connectivity index (χ0n) is 17.9. The highest BCUT2D eigenvalue weighted by molar-refractivity contribution is 8.19. The Morgan fingerprint density at radius 1 is 0.806 bits per heavy atom. The molecule has 0 bridgehead atoms. The third-order valence-corrected chi connectivity index (χ3v) is 10.5. The molecule has 0 aliphatic carbocycles. The summed E-state index contributed by atoms with van der Waals surface area (Å²) < 4.78 is 5.09. The summed E-state index contributed by atoms with van der Waals surface area (Å²) in [6, 6.07) is 15.1. The first-order valence-electron chi connectivity index (χ1n) is 10.2. The van der Waals surface area contributed by atoms with Crippen molar-refractivity contribution in [2.24, 2.45) is 0 Å². The van der Waals surface area contributed by atoms with Crippen LogP contribution in [-0.2, 0) is 21.3 Å². The highest BCUT2D eigenvalue weighted by Crippen LogP contribution is 2.69. The molecule has 0 fully saturated rings. The van der Waals surface area contributed by atoms with E-state index >= 15 is 0 Å². The van der Waals surface area contributed by atoms with E-state index in [1.54, 1.807) is 55.5 Å². The molecule has 1 aliphatic heterocycles. The SMILES string of the molecule is CCOC(=O)CCP1(=S)C(C(=O)c2ccccc2)=C(C)C(C)=C1C(=O)c1ccccc1. The highest BCUT2D eigenvalue weighted by atomic mass is 32.4. The molecule has 0 saturated carbocycles. The van der Waals surface area contributed by atoms with Crippen LogP contribution >= 0.6 is 6.04 Å². The van der Waals surface area contributed by atoms with Crippen LogP contribution in [0.4, 0.5) is 0 Å². The monoisotopic (exact) mass is 452 g/mol. The number of allylic oxidation sites excluding steroid dienone is 4. The maximum atomic E-state index is 13.5. The van der Waals surface area contributed by atoms with Crippen molar-refractivity contribution >= 4 is 35.4 Å². The van der Waals surface area contributed by atoms with Crippen molar-refractivity contribution in [1.29, 1.82) is 0 Å². The highest BCUT2D eigenvalue weighted by Gasteiger charge is 2.43. The molecular weight excluding hydrogens is 427 g/mol. The van der Waals surface area contributed by atoms with Crippen molar-refractivity contribution in [1.82, 2.24) is 0 Å². The third kappa shape index (κ3) is 4.53. The van der Waals surface area contributed by atoms with Gasteiger partial charge < -0.3 is 4.74 Å². The molecule has 3 rings (SSSR count). The molecule has 31 heavy (non-hydrogen) atoms. The Morgan fingerprint density at radius 3 is 1.61 bits per heavy atom. The van der Waals surface area contributed by atoms with Crippen LogP contribution in [0.2, 0.25) is 0 Å². The Balaban J connectivity index is 2.10. The number of ketones is 2. The molecule has 0 radical (unpaired) electrons. The maximum absolute atomic E-state index is 13.5. The van der Waals surface area contributed by atoms with Gasteiger partial charge in [-0.05, 0) is 38.1 Å². The van der Waals surface area contributed by atoms with Crippen molar-refractivity contribution in [3.8, 4) is 0 Å². The smallest absolute Gasteiger partial charge is 0.306 e. The van der Waals surface area contributed by atoms with Gasteiger partial charge in [-0.15, -0.1) is 0 Å². The van der Waals surface area contributed by atoms with Crippen molar-refractivity contribution in [2.75, 3.05) is 12.8 Å². The molecule has 1 aliphatic rings. The second-order valence-electron chi connectivity index (χ2n) is 7.36. The topological polar surface area (TPSA) is 60.4 Å². The number of Topliss-reactive ketones (excluding diaryl/α,β-unsaturated/α-hetero) is 2. The number of benzene rings is 2. The average molecular weight is 453 g/mol. The van der Waals surface area contributed by atoms with Crippen LogP contribution in [0.1, 0.15) is 47.9 Å². The summed E-state index contributed by atoms with van der Waals surface area (Å²) in [6.07, 6.45) is 0.320. The van der Waals surface area contributed by atoms with Crippen LogP contribution in [-0.4, -0.2) is 30.3 Å². The van der Waals surface area contributed by atoms with Crippen molar-refractivity contribution < 1.29 is 19.1 Å². The van der Waals surface area contributed by atoms with Gasteiger partial charge in [0.1, 0.15) is 0 Å². The summed E-state index contributed by atoms with van der Waals surface area (Å²) >= 11 is 6.16. The maximum Gasteiger partial charge on any atom is 0.306 e. The van der Waals surface area contributed by atoms with Gasteiger partial charge in [-0.3, -0.25) is 14.4 Å². The summed E-state index contributed by atoms with van der Waals surface area (Å²) in [5.41, 5.74) is 2.56. The first-order valence-corrected chi connectivity index (χ1v) is 13.2. The van der Waals surface area contributed by atoms with E-state index in [-0.39, 0.29) is 36.7 Å². The average Bonchev–Trinajstić information content (AvgIpc) is 2.98. The lowest BCUT2D eigenvalue weighted by Crippen LogP contribution is -2.13. The first-order chi connectivity index (χ1) is 14.8. The summed E-state index contributed by atoms with van der Waals surface area (Å²) in [5.74, 6) is -0.701. The van der Waals surface area contributed by atoms with Gasteiger partial charge in [0.25, 0.3) is 0 Å². The van der Waals surface area contributed by atoms with E-state index in [2.05, 4.69) is 0 Å². The lowest BCUT2D eigenvalue weighted by atomic mass is 10.0. The number of carbonyl (C=O) groups excluding carboxylic acids is 3. The zero-order valence-corrected chi connectivity index (χ0v) is 19.6. The van der Waals surface area contributed by atoms with Crippen molar-refractivity contribution in [3.63, 3.8) is 0 Å².